The van der Waals surface area contributed by atoms with Crippen LogP contribution in [0.5, 0.6) is 0 Å². The van der Waals surface area contributed by atoms with Gasteiger partial charge in [-0.15, -0.1) is 6.58 Å². The van der Waals surface area contributed by atoms with Crippen molar-refractivity contribution in [3.8, 4) is 0 Å². The van der Waals surface area contributed by atoms with E-state index in [-0.39, 0.29) is 6.04 Å². The van der Waals surface area contributed by atoms with E-state index >= 15 is 0 Å². The number of hydrogen-bond donors (Lipinski definition) is 1. The summed E-state index contributed by atoms with van der Waals surface area (Å²) in [5.74, 6) is 0.498. The summed E-state index contributed by atoms with van der Waals surface area (Å²) in [7, 11) is -1.49. The van der Waals surface area contributed by atoms with Gasteiger partial charge < -0.3 is 9.74 Å². The van der Waals surface area contributed by atoms with Crippen molar-refractivity contribution >= 4 is 8.32 Å². The van der Waals surface area contributed by atoms with E-state index in [0.717, 1.165) is 12.3 Å². The maximum Gasteiger partial charge on any atom is 0.183 e. The summed E-state index contributed by atoms with van der Waals surface area (Å²) in [6, 6.07) is 6.32. The molecule has 2 atom stereocenters. The number of pyridine rings is 1. The maximum absolute atomic E-state index is 6.06. The van der Waals surface area contributed by atoms with Crippen LogP contribution in [-0.4, -0.2) is 26.0 Å². The van der Waals surface area contributed by atoms with E-state index in [4.69, 9.17) is 4.43 Å². The molecule has 0 unspecified atom stereocenters. The van der Waals surface area contributed by atoms with Crippen LogP contribution in [0.1, 0.15) is 25.6 Å². The van der Waals surface area contributed by atoms with Crippen molar-refractivity contribution < 1.29 is 4.43 Å². The van der Waals surface area contributed by atoms with Gasteiger partial charge in [-0.3, -0.25) is 4.98 Å². The Bertz CT molecular complexity index is 401. The minimum absolute atomic E-state index is 0.0637. The molecule has 0 amide bonds. The lowest BCUT2D eigenvalue weighted by Crippen LogP contribution is -2.43. The molecule has 4 heteroatoms. The summed E-state index contributed by atoms with van der Waals surface area (Å²) in [5, 5.41) is 3.61. The molecule has 112 valence electrons. The topological polar surface area (TPSA) is 34.1 Å². The van der Waals surface area contributed by atoms with Gasteiger partial charge in [-0.05, 0) is 37.7 Å². The number of nitrogens with one attached hydrogen (secondary N) is 1. The molecule has 1 heterocycles. The monoisotopic (exact) mass is 292 g/mol. The molecule has 0 radical (unpaired) electrons. The number of hydrogen-bond acceptors (Lipinski definition) is 3. The summed E-state index contributed by atoms with van der Waals surface area (Å²) in [5.41, 5.74) is 1.00. The van der Waals surface area contributed by atoms with Crippen LogP contribution in [0, 0.1) is 5.92 Å². The predicted molar refractivity (Wildman–Crippen MR) is 88.2 cm³/mol. The zero-order valence-electron chi connectivity index (χ0n) is 13.4. The molecular weight excluding hydrogens is 264 g/mol. The maximum atomic E-state index is 6.06. The lowest BCUT2D eigenvalue weighted by atomic mass is 10.0. The van der Waals surface area contributed by atoms with E-state index in [1.54, 1.807) is 0 Å². The highest BCUT2D eigenvalue weighted by Crippen LogP contribution is 2.15. The third kappa shape index (κ3) is 5.99. The second kappa shape index (κ2) is 7.72. The van der Waals surface area contributed by atoms with Crippen molar-refractivity contribution in [2.24, 2.45) is 5.92 Å². The predicted octanol–water partition coefficient (Wildman–Crippen LogP) is 3.77. The average molecular weight is 292 g/mol. The fourth-order valence-electron chi connectivity index (χ4n) is 1.84. The van der Waals surface area contributed by atoms with Crippen LogP contribution in [0.15, 0.2) is 37.1 Å². The minimum atomic E-state index is -1.49. The van der Waals surface area contributed by atoms with Gasteiger partial charge in [-0.2, -0.15) is 0 Å². The van der Waals surface area contributed by atoms with Crippen LogP contribution in [0.4, 0.5) is 0 Å². The van der Waals surface area contributed by atoms with E-state index in [0.29, 0.717) is 12.0 Å². The lowest BCUT2D eigenvalue weighted by molar-refractivity contribution is 0.218. The molecule has 20 heavy (non-hydrogen) atoms. The molecule has 0 saturated carbocycles. The summed E-state index contributed by atoms with van der Waals surface area (Å²) in [6.45, 7) is 15.7. The number of aromatic nitrogens is 1. The van der Waals surface area contributed by atoms with Crippen LogP contribution in [0.2, 0.25) is 19.6 Å². The van der Waals surface area contributed by atoms with E-state index in [2.05, 4.69) is 50.4 Å². The van der Waals surface area contributed by atoms with Crippen LogP contribution < -0.4 is 5.32 Å². The molecule has 1 N–H and O–H groups in total. The second-order valence-electron chi connectivity index (χ2n) is 6.41. The molecule has 0 fully saturated rings. The first kappa shape index (κ1) is 17.1. The van der Waals surface area contributed by atoms with Crippen LogP contribution in [-0.2, 0) is 4.43 Å². The molecule has 1 aromatic heterocycles. The van der Waals surface area contributed by atoms with Crippen molar-refractivity contribution in [2.75, 3.05) is 6.61 Å². The summed E-state index contributed by atoms with van der Waals surface area (Å²) in [4.78, 5) is 4.41. The molecule has 0 aromatic carbocycles. The molecule has 0 aliphatic rings. The summed E-state index contributed by atoms with van der Waals surface area (Å²) < 4.78 is 6.06. The fourth-order valence-corrected chi connectivity index (χ4v) is 2.52. The first-order chi connectivity index (χ1) is 9.33. The Kier molecular flexibility index (Phi) is 6.59. The van der Waals surface area contributed by atoms with E-state index in [1.807, 2.05) is 30.5 Å². The van der Waals surface area contributed by atoms with Crippen molar-refractivity contribution in [1.82, 2.24) is 10.3 Å². The minimum Gasteiger partial charge on any atom is -0.416 e. The van der Waals surface area contributed by atoms with Gasteiger partial charge in [0.1, 0.15) is 0 Å². The summed E-state index contributed by atoms with van der Waals surface area (Å²) in [6.07, 6.45) is 3.72. The highest BCUT2D eigenvalue weighted by Gasteiger charge is 2.22. The standard InChI is InChI=1S/C16H28N2OSi/c1-7-14(15-10-8-9-11-17-15)18-16(13(2)3)12-19-20(4,5)6/h7-11,13-14,16,18H,1,12H2,2-6H3/t14-,16+/m0/s1. The highest BCUT2D eigenvalue weighted by molar-refractivity contribution is 6.69. The van der Waals surface area contributed by atoms with Gasteiger partial charge in [-0.25, -0.2) is 0 Å². The highest BCUT2D eigenvalue weighted by atomic mass is 28.4. The van der Waals surface area contributed by atoms with Gasteiger partial charge in [0, 0.05) is 18.8 Å². The molecular formula is C16H28N2OSi. The molecule has 3 nitrogen and oxygen atoms in total. The fraction of sp³-hybridized carbons (Fsp3) is 0.562. The normalized spacial score (nSPS) is 15.1. The molecule has 0 spiro atoms. The SMILES string of the molecule is C=C[C@H](N[C@H](CO[Si](C)(C)C)C(C)C)c1ccccn1. The summed E-state index contributed by atoms with van der Waals surface area (Å²) >= 11 is 0. The van der Waals surface area contributed by atoms with E-state index in [9.17, 15) is 0 Å². The van der Waals surface area contributed by atoms with Gasteiger partial charge in [0.2, 0.25) is 0 Å². The van der Waals surface area contributed by atoms with Crippen LogP contribution in [0.25, 0.3) is 0 Å². The third-order valence-electron chi connectivity index (χ3n) is 3.14. The van der Waals surface area contributed by atoms with Crippen LogP contribution in [0.3, 0.4) is 0 Å². The molecule has 1 rings (SSSR count). The molecule has 1 aromatic rings. The average Bonchev–Trinajstić information content (AvgIpc) is 2.38. The Hall–Kier alpha value is -0.973. The molecule has 0 aliphatic heterocycles. The molecule has 0 aliphatic carbocycles. The van der Waals surface area contributed by atoms with Gasteiger partial charge in [0.15, 0.2) is 8.32 Å². The van der Waals surface area contributed by atoms with Crippen molar-refractivity contribution in [1.29, 1.82) is 0 Å². The van der Waals surface area contributed by atoms with Gasteiger partial charge >= 0.3 is 0 Å². The molecule has 0 bridgehead atoms. The Morgan fingerprint density at radius 3 is 2.50 bits per heavy atom. The zero-order valence-corrected chi connectivity index (χ0v) is 14.4. The number of rotatable bonds is 8. The van der Waals surface area contributed by atoms with Gasteiger partial charge in [-0.1, -0.05) is 26.0 Å². The first-order valence-corrected chi connectivity index (χ1v) is 10.7. The van der Waals surface area contributed by atoms with Crippen molar-refractivity contribution in [3.63, 3.8) is 0 Å². The Labute approximate surface area is 124 Å². The van der Waals surface area contributed by atoms with Crippen LogP contribution >= 0.6 is 0 Å². The van der Waals surface area contributed by atoms with Crippen molar-refractivity contribution in [3.05, 3.63) is 42.7 Å². The van der Waals surface area contributed by atoms with Gasteiger partial charge in [0.25, 0.3) is 0 Å². The lowest BCUT2D eigenvalue weighted by Gasteiger charge is -2.29. The largest absolute Gasteiger partial charge is 0.416 e. The Morgan fingerprint density at radius 2 is 2.05 bits per heavy atom. The first-order valence-electron chi connectivity index (χ1n) is 7.27. The van der Waals surface area contributed by atoms with Crippen molar-refractivity contribution in [2.45, 2.75) is 45.6 Å². The smallest absolute Gasteiger partial charge is 0.183 e. The molecule has 0 saturated heterocycles. The zero-order chi connectivity index (χ0) is 15.2. The van der Waals surface area contributed by atoms with E-state index < -0.39 is 8.32 Å². The Balaban J connectivity index is 2.70. The third-order valence-corrected chi connectivity index (χ3v) is 4.17. The quantitative estimate of drug-likeness (QED) is 0.585. The Morgan fingerprint density at radius 1 is 1.35 bits per heavy atom. The second-order valence-corrected chi connectivity index (χ2v) is 10.9. The number of nitrogens with zero attached hydrogens (tertiary/aromatic N) is 1. The van der Waals surface area contributed by atoms with Gasteiger partial charge in [0.05, 0.1) is 11.7 Å². The van der Waals surface area contributed by atoms with E-state index in [1.165, 1.54) is 0 Å².